The van der Waals surface area contributed by atoms with Gasteiger partial charge < -0.3 is 9.30 Å². The Balaban J connectivity index is 2.07. The van der Waals surface area contributed by atoms with Gasteiger partial charge >= 0.3 is 0 Å². The van der Waals surface area contributed by atoms with Gasteiger partial charge in [-0.3, -0.25) is 0 Å². The monoisotopic (exact) mass is 279 g/mol. The van der Waals surface area contributed by atoms with Crippen LogP contribution in [0.1, 0.15) is 24.7 Å². The van der Waals surface area contributed by atoms with E-state index in [4.69, 9.17) is 16.3 Å². The van der Waals surface area contributed by atoms with Gasteiger partial charge in [0.25, 0.3) is 0 Å². The minimum absolute atomic E-state index is 0.464. The van der Waals surface area contributed by atoms with Crippen molar-refractivity contribution >= 4 is 11.6 Å². The molecule has 0 fully saturated rings. The number of nitrogens with zero attached hydrogens (tertiary/aromatic N) is 3. The fraction of sp³-hybridized carbons (Fsp3) is 0.429. The molecule has 0 atom stereocenters. The number of hydrogen-bond donors (Lipinski definition) is 0. The molecule has 0 spiro atoms. The molecule has 19 heavy (non-hydrogen) atoms. The summed E-state index contributed by atoms with van der Waals surface area (Å²) in [5.41, 5.74) is 1.21. The molecule has 4 nitrogen and oxygen atoms in total. The number of halogens is 1. The lowest BCUT2D eigenvalue weighted by atomic mass is 10.1. The lowest BCUT2D eigenvalue weighted by Gasteiger charge is -2.08. The largest absolute Gasteiger partial charge is 0.497 e. The number of aromatic nitrogens is 3. The van der Waals surface area contributed by atoms with Gasteiger partial charge in [0, 0.05) is 13.0 Å². The second-order valence-electron chi connectivity index (χ2n) is 4.39. The second-order valence-corrected chi connectivity index (χ2v) is 4.73. The highest BCUT2D eigenvalue weighted by Gasteiger charge is 2.09. The van der Waals surface area contributed by atoms with Crippen LogP contribution in [0.25, 0.3) is 0 Å². The lowest BCUT2D eigenvalue weighted by molar-refractivity contribution is 0.414. The van der Waals surface area contributed by atoms with Gasteiger partial charge in [-0.2, -0.15) is 0 Å². The Hall–Kier alpha value is -1.55. The van der Waals surface area contributed by atoms with Crippen molar-refractivity contribution in [1.82, 2.24) is 14.8 Å². The van der Waals surface area contributed by atoms with Crippen LogP contribution >= 0.6 is 11.6 Å². The van der Waals surface area contributed by atoms with E-state index in [1.807, 2.05) is 22.8 Å². The number of benzene rings is 1. The van der Waals surface area contributed by atoms with Crippen LogP contribution < -0.4 is 4.74 Å². The second kappa shape index (κ2) is 6.57. The van der Waals surface area contributed by atoms with Crippen molar-refractivity contribution in [2.45, 2.75) is 32.7 Å². The zero-order valence-corrected chi connectivity index (χ0v) is 12.0. The smallest absolute Gasteiger partial charge is 0.225 e. The maximum Gasteiger partial charge on any atom is 0.225 e. The van der Waals surface area contributed by atoms with Gasteiger partial charge in [0.15, 0.2) is 0 Å². The van der Waals surface area contributed by atoms with Crippen LogP contribution in [0.4, 0.5) is 0 Å². The van der Waals surface area contributed by atoms with Gasteiger partial charge in [-0.25, -0.2) is 0 Å². The molecule has 0 amide bonds. The first-order chi connectivity index (χ1) is 9.24. The molecule has 0 bridgehead atoms. The van der Waals surface area contributed by atoms with Gasteiger partial charge in [0.1, 0.15) is 11.6 Å². The Morgan fingerprint density at radius 1 is 1.26 bits per heavy atom. The van der Waals surface area contributed by atoms with Gasteiger partial charge in [-0.15, -0.1) is 10.2 Å². The minimum Gasteiger partial charge on any atom is -0.497 e. The highest BCUT2D eigenvalue weighted by molar-refractivity contribution is 6.28. The van der Waals surface area contributed by atoms with Crippen molar-refractivity contribution in [2.75, 3.05) is 7.11 Å². The van der Waals surface area contributed by atoms with E-state index in [1.54, 1.807) is 7.11 Å². The molecule has 0 N–H and O–H groups in total. The number of rotatable bonds is 6. The molecule has 0 radical (unpaired) electrons. The van der Waals surface area contributed by atoms with E-state index in [2.05, 4.69) is 23.2 Å². The van der Waals surface area contributed by atoms with Crippen LogP contribution in [0.15, 0.2) is 24.3 Å². The zero-order valence-electron chi connectivity index (χ0n) is 11.3. The van der Waals surface area contributed by atoms with Gasteiger partial charge in [0.2, 0.25) is 5.28 Å². The fourth-order valence-corrected chi connectivity index (χ4v) is 2.23. The molecule has 102 valence electrons. The van der Waals surface area contributed by atoms with Gasteiger partial charge in [0.05, 0.1) is 7.11 Å². The van der Waals surface area contributed by atoms with E-state index in [1.165, 1.54) is 5.56 Å². The predicted octanol–water partition coefficient (Wildman–Crippen LogP) is 3.14. The number of ether oxygens (including phenoxy) is 1. The molecule has 0 aliphatic rings. The molecule has 0 saturated carbocycles. The first-order valence-corrected chi connectivity index (χ1v) is 6.83. The Kier molecular flexibility index (Phi) is 4.80. The quantitative estimate of drug-likeness (QED) is 0.816. The number of methoxy groups -OCH3 is 1. The predicted molar refractivity (Wildman–Crippen MR) is 75.7 cm³/mol. The third kappa shape index (κ3) is 3.47. The number of aryl methyl sites for hydroxylation is 2. The third-order valence-corrected chi connectivity index (χ3v) is 3.29. The van der Waals surface area contributed by atoms with Crippen molar-refractivity contribution in [3.05, 3.63) is 40.9 Å². The SMILES string of the molecule is CCCc1nnc(Cl)n1CCc1cccc(OC)c1. The summed E-state index contributed by atoms with van der Waals surface area (Å²) >= 11 is 6.07. The highest BCUT2D eigenvalue weighted by Crippen LogP contribution is 2.15. The minimum atomic E-state index is 0.464. The summed E-state index contributed by atoms with van der Waals surface area (Å²) < 4.78 is 7.20. The molecule has 1 aromatic heterocycles. The molecule has 0 aliphatic carbocycles. The first-order valence-electron chi connectivity index (χ1n) is 6.45. The Bertz CT molecular complexity index is 539. The molecule has 2 aromatic rings. The summed E-state index contributed by atoms with van der Waals surface area (Å²) in [6.07, 6.45) is 2.82. The van der Waals surface area contributed by atoms with E-state index in [0.29, 0.717) is 5.28 Å². The first kappa shape index (κ1) is 13.9. The van der Waals surface area contributed by atoms with E-state index < -0.39 is 0 Å². The van der Waals surface area contributed by atoms with E-state index >= 15 is 0 Å². The van der Waals surface area contributed by atoms with E-state index in [9.17, 15) is 0 Å². The average molecular weight is 280 g/mol. The van der Waals surface area contributed by atoms with Crippen LogP contribution in [-0.2, 0) is 19.4 Å². The van der Waals surface area contributed by atoms with Gasteiger partial charge in [-0.05, 0) is 42.1 Å². The zero-order chi connectivity index (χ0) is 13.7. The lowest BCUT2D eigenvalue weighted by Crippen LogP contribution is -2.06. The normalized spacial score (nSPS) is 10.7. The maximum atomic E-state index is 6.07. The molecule has 0 aliphatic heterocycles. The summed E-state index contributed by atoms with van der Waals surface area (Å²) in [6, 6.07) is 8.06. The van der Waals surface area contributed by atoms with E-state index in [-0.39, 0.29) is 0 Å². The summed E-state index contributed by atoms with van der Waals surface area (Å²) in [7, 11) is 1.68. The van der Waals surface area contributed by atoms with Crippen LogP contribution in [0.2, 0.25) is 5.28 Å². The summed E-state index contributed by atoms with van der Waals surface area (Å²) in [5.74, 6) is 1.83. The molecule has 0 unspecified atom stereocenters. The third-order valence-electron chi connectivity index (χ3n) is 3.01. The molecule has 1 aromatic carbocycles. The van der Waals surface area contributed by atoms with Crippen LogP contribution in [0, 0.1) is 0 Å². The molecule has 1 heterocycles. The standard InChI is InChI=1S/C14H18ClN3O/c1-3-5-13-16-17-14(15)18(13)9-8-11-6-4-7-12(10-11)19-2/h4,6-7,10H,3,5,8-9H2,1-2H3. The van der Waals surface area contributed by atoms with E-state index in [0.717, 1.165) is 37.4 Å². The Morgan fingerprint density at radius 3 is 2.84 bits per heavy atom. The van der Waals surface area contributed by atoms with Crippen molar-refractivity contribution in [3.8, 4) is 5.75 Å². The van der Waals surface area contributed by atoms with Crippen LogP contribution in [-0.4, -0.2) is 21.9 Å². The maximum absolute atomic E-state index is 6.07. The summed E-state index contributed by atoms with van der Waals surface area (Å²) in [4.78, 5) is 0. The van der Waals surface area contributed by atoms with Crippen molar-refractivity contribution in [1.29, 1.82) is 0 Å². The van der Waals surface area contributed by atoms with Crippen molar-refractivity contribution < 1.29 is 4.74 Å². The Labute approximate surface area is 118 Å². The number of hydrogen-bond acceptors (Lipinski definition) is 3. The summed E-state index contributed by atoms with van der Waals surface area (Å²) in [5, 5.41) is 8.51. The average Bonchev–Trinajstić information content (AvgIpc) is 2.78. The van der Waals surface area contributed by atoms with Crippen molar-refractivity contribution in [3.63, 3.8) is 0 Å². The molecule has 5 heteroatoms. The molecule has 2 rings (SSSR count). The molecular formula is C14H18ClN3O. The van der Waals surface area contributed by atoms with Crippen LogP contribution in [0.5, 0.6) is 5.75 Å². The van der Waals surface area contributed by atoms with Gasteiger partial charge in [-0.1, -0.05) is 19.1 Å². The topological polar surface area (TPSA) is 39.9 Å². The fourth-order valence-electron chi connectivity index (χ4n) is 2.01. The Morgan fingerprint density at radius 2 is 2.11 bits per heavy atom. The molecule has 0 saturated heterocycles. The van der Waals surface area contributed by atoms with Crippen LogP contribution in [0.3, 0.4) is 0 Å². The highest BCUT2D eigenvalue weighted by atomic mass is 35.5. The molecular weight excluding hydrogens is 262 g/mol. The summed E-state index contributed by atoms with van der Waals surface area (Å²) in [6.45, 7) is 2.91. The van der Waals surface area contributed by atoms with Crippen molar-refractivity contribution in [2.24, 2.45) is 0 Å².